The van der Waals surface area contributed by atoms with E-state index in [9.17, 15) is 31.2 Å². The molecule has 0 radical (unpaired) electrons. The number of likely N-dealkylation sites (tertiary alicyclic amines) is 1. The minimum Gasteiger partial charge on any atom is -0.405 e. The predicted octanol–water partition coefficient (Wildman–Crippen LogP) is 3.50. The van der Waals surface area contributed by atoms with E-state index in [4.69, 9.17) is 11.6 Å². The first-order valence-electron chi connectivity index (χ1n) is 12.0. The predicted molar refractivity (Wildman–Crippen MR) is 138 cm³/mol. The Labute approximate surface area is 227 Å². The molecule has 4 rings (SSSR count). The first kappa shape index (κ1) is 28.8. The largest absolute Gasteiger partial charge is 0.573 e. The van der Waals surface area contributed by atoms with Crippen LogP contribution in [0.5, 0.6) is 5.75 Å². The van der Waals surface area contributed by atoms with Gasteiger partial charge in [-0.05, 0) is 42.3 Å². The van der Waals surface area contributed by atoms with Crippen molar-refractivity contribution in [3.8, 4) is 5.75 Å². The SMILES string of the molecule is CCS(=O)(=O)c1ccc(Cl)cc1Cn1cnc2cc(CN3CC[C@@H](NC(C)=O)C3)c(OC(F)(F)F)cc2c1=O. The third-order valence-electron chi connectivity index (χ3n) is 6.38. The molecule has 1 aliphatic rings. The van der Waals surface area contributed by atoms with Gasteiger partial charge in [-0.25, -0.2) is 13.4 Å². The minimum absolute atomic E-state index is 0.000943. The first-order chi connectivity index (χ1) is 18.3. The maximum Gasteiger partial charge on any atom is 0.573 e. The summed E-state index contributed by atoms with van der Waals surface area (Å²) >= 11 is 6.07. The van der Waals surface area contributed by atoms with Gasteiger partial charge in [0.05, 0.1) is 34.4 Å². The van der Waals surface area contributed by atoms with Crippen LogP contribution in [0.3, 0.4) is 0 Å². The van der Waals surface area contributed by atoms with Crippen LogP contribution in [0, 0.1) is 0 Å². The van der Waals surface area contributed by atoms with Gasteiger partial charge in [-0.3, -0.25) is 19.1 Å². The number of fused-ring (bicyclic) bond motifs is 1. The Morgan fingerprint density at radius 3 is 2.62 bits per heavy atom. The van der Waals surface area contributed by atoms with Crippen molar-refractivity contribution in [1.82, 2.24) is 19.8 Å². The van der Waals surface area contributed by atoms with Gasteiger partial charge in [-0.15, -0.1) is 13.2 Å². The van der Waals surface area contributed by atoms with E-state index in [1.165, 1.54) is 44.4 Å². The van der Waals surface area contributed by atoms with Crippen molar-refractivity contribution in [2.45, 2.75) is 50.7 Å². The van der Waals surface area contributed by atoms with Crippen molar-refractivity contribution in [3.63, 3.8) is 0 Å². The maximum atomic E-state index is 13.3. The van der Waals surface area contributed by atoms with Gasteiger partial charge in [0.2, 0.25) is 5.91 Å². The summed E-state index contributed by atoms with van der Waals surface area (Å²) in [6.07, 6.45) is -3.15. The Hall–Kier alpha value is -3.16. The number of halogens is 4. The van der Waals surface area contributed by atoms with Crippen LogP contribution in [-0.2, 0) is 27.7 Å². The number of benzene rings is 2. The fourth-order valence-corrected chi connectivity index (χ4v) is 5.93. The second-order valence-corrected chi connectivity index (χ2v) is 12.0. The zero-order valence-electron chi connectivity index (χ0n) is 21.1. The topological polar surface area (TPSA) is 111 Å². The molecule has 0 bridgehead atoms. The fraction of sp³-hybridized carbons (Fsp3) is 0.400. The minimum atomic E-state index is -5.00. The number of nitrogens with one attached hydrogen (secondary N) is 1. The van der Waals surface area contributed by atoms with Crippen LogP contribution in [0.1, 0.15) is 31.4 Å². The summed E-state index contributed by atoms with van der Waals surface area (Å²) in [6, 6.07) is 6.47. The normalized spacial score (nSPS) is 16.5. The van der Waals surface area contributed by atoms with E-state index in [0.29, 0.717) is 19.5 Å². The molecule has 2 aromatic carbocycles. The average Bonchev–Trinajstić information content (AvgIpc) is 3.26. The summed E-state index contributed by atoms with van der Waals surface area (Å²) < 4.78 is 70.4. The van der Waals surface area contributed by atoms with Crippen molar-refractivity contribution < 1.29 is 31.1 Å². The molecule has 1 fully saturated rings. The Bertz CT molecular complexity index is 1580. The van der Waals surface area contributed by atoms with E-state index >= 15 is 0 Å². The van der Waals surface area contributed by atoms with Crippen LogP contribution < -0.4 is 15.6 Å². The second-order valence-electron chi connectivity index (χ2n) is 9.28. The summed E-state index contributed by atoms with van der Waals surface area (Å²) in [5, 5.41) is 2.93. The monoisotopic (exact) mass is 586 g/mol. The summed E-state index contributed by atoms with van der Waals surface area (Å²) in [7, 11) is -3.64. The Morgan fingerprint density at radius 2 is 1.95 bits per heavy atom. The van der Waals surface area contributed by atoms with Crippen LogP contribution in [0.4, 0.5) is 13.2 Å². The number of sulfone groups is 1. The molecule has 0 saturated carbocycles. The molecule has 2 heterocycles. The van der Waals surface area contributed by atoms with E-state index in [1.54, 1.807) is 0 Å². The van der Waals surface area contributed by atoms with Crippen LogP contribution in [0.25, 0.3) is 10.9 Å². The molecule has 14 heteroatoms. The fourth-order valence-electron chi connectivity index (χ4n) is 4.62. The van der Waals surface area contributed by atoms with Crippen LogP contribution in [0.15, 0.2) is 46.3 Å². The maximum absolute atomic E-state index is 13.3. The van der Waals surface area contributed by atoms with Gasteiger partial charge in [0.25, 0.3) is 5.56 Å². The average molecular weight is 587 g/mol. The summed E-state index contributed by atoms with van der Waals surface area (Å²) in [4.78, 5) is 30.8. The molecular weight excluding hydrogens is 561 g/mol. The van der Waals surface area contributed by atoms with Gasteiger partial charge >= 0.3 is 6.36 Å². The van der Waals surface area contributed by atoms with Gasteiger partial charge in [0, 0.05) is 43.2 Å². The number of carbonyl (C=O) groups is 1. The molecule has 1 N–H and O–H groups in total. The van der Waals surface area contributed by atoms with Crippen molar-refractivity contribution in [1.29, 1.82) is 0 Å². The molecule has 39 heavy (non-hydrogen) atoms. The summed E-state index contributed by atoms with van der Waals surface area (Å²) in [5.74, 6) is -0.895. The van der Waals surface area contributed by atoms with Crippen molar-refractivity contribution in [2.75, 3.05) is 18.8 Å². The molecule has 0 aliphatic carbocycles. The number of hydrogen-bond acceptors (Lipinski definition) is 7. The molecule has 9 nitrogen and oxygen atoms in total. The van der Waals surface area contributed by atoms with Gasteiger partial charge in [-0.1, -0.05) is 18.5 Å². The molecule has 1 aromatic heterocycles. The van der Waals surface area contributed by atoms with Crippen molar-refractivity contribution in [2.24, 2.45) is 0 Å². The number of amides is 1. The smallest absolute Gasteiger partial charge is 0.405 e. The van der Waals surface area contributed by atoms with Gasteiger partial charge in [-0.2, -0.15) is 0 Å². The zero-order valence-corrected chi connectivity index (χ0v) is 22.7. The molecule has 3 aromatic rings. The summed E-state index contributed by atoms with van der Waals surface area (Å²) in [5.41, 5.74) is -0.0889. The van der Waals surface area contributed by atoms with E-state index in [2.05, 4.69) is 15.0 Å². The standard InChI is InChI=1S/C25H26ClF3N4O5S/c1-3-39(36,37)23-5-4-18(26)8-17(23)12-33-14-30-21-9-16(11-32-7-6-19(13-32)31-15(2)34)22(38-25(27,28)29)10-20(21)24(33)35/h4-5,8-10,14,19H,3,6-7,11-13H2,1-2H3,(H,31,34)/t19-/m1/s1. The number of nitrogens with zero attached hydrogens (tertiary/aromatic N) is 3. The lowest BCUT2D eigenvalue weighted by atomic mass is 10.1. The quantitative estimate of drug-likeness (QED) is 0.430. The van der Waals surface area contributed by atoms with Gasteiger partial charge in [0.1, 0.15) is 5.75 Å². The summed E-state index contributed by atoms with van der Waals surface area (Å²) in [6.45, 7) is 3.75. The van der Waals surface area contributed by atoms with Crippen molar-refractivity contribution in [3.05, 3.63) is 63.2 Å². The first-order valence-corrected chi connectivity index (χ1v) is 14.1. The zero-order chi connectivity index (χ0) is 28.5. The van der Waals surface area contributed by atoms with Gasteiger partial charge < -0.3 is 10.1 Å². The highest BCUT2D eigenvalue weighted by Gasteiger charge is 2.33. The van der Waals surface area contributed by atoms with Crippen molar-refractivity contribution >= 4 is 38.2 Å². The third kappa shape index (κ3) is 6.89. The highest BCUT2D eigenvalue weighted by atomic mass is 35.5. The molecule has 210 valence electrons. The van der Waals surface area contributed by atoms with E-state index in [1.807, 2.05) is 4.90 Å². The third-order valence-corrected chi connectivity index (χ3v) is 8.45. The number of alkyl halides is 3. The highest BCUT2D eigenvalue weighted by molar-refractivity contribution is 7.91. The lowest BCUT2D eigenvalue weighted by Crippen LogP contribution is -2.35. The lowest BCUT2D eigenvalue weighted by Gasteiger charge is -2.20. The molecule has 1 atom stereocenters. The second kappa shape index (κ2) is 11.1. The molecule has 1 aliphatic heterocycles. The van der Waals surface area contributed by atoms with Crippen LogP contribution in [-0.4, -0.2) is 60.0 Å². The molecule has 1 saturated heterocycles. The Balaban J connectivity index is 1.72. The number of hydrogen-bond donors (Lipinski definition) is 1. The van der Waals surface area contributed by atoms with E-state index < -0.39 is 27.5 Å². The molecule has 1 amide bonds. The Morgan fingerprint density at radius 1 is 1.21 bits per heavy atom. The number of ether oxygens (including phenoxy) is 1. The highest BCUT2D eigenvalue weighted by Crippen LogP contribution is 2.31. The van der Waals surface area contributed by atoms with Crippen LogP contribution >= 0.6 is 11.6 Å². The van der Waals surface area contributed by atoms with E-state index in [0.717, 1.165) is 10.6 Å². The molecule has 0 spiro atoms. The van der Waals surface area contributed by atoms with E-state index in [-0.39, 0.29) is 62.7 Å². The van der Waals surface area contributed by atoms with Gasteiger partial charge in [0.15, 0.2) is 9.84 Å². The molecule has 0 unspecified atom stereocenters. The lowest BCUT2D eigenvalue weighted by molar-refractivity contribution is -0.274. The Kier molecular flexibility index (Phi) is 8.24. The number of aromatic nitrogens is 2. The number of carbonyl (C=O) groups excluding carboxylic acids is 1. The van der Waals surface area contributed by atoms with Crippen LogP contribution in [0.2, 0.25) is 5.02 Å². The number of rotatable bonds is 8. The molecular formula is C25H26ClF3N4O5S.